The highest BCUT2D eigenvalue weighted by Crippen LogP contribution is 2.24. The van der Waals surface area contributed by atoms with Gasteiger partial charge in [-0.2, -0.15) is 0 Å². The molecule has 0 bridgehead atoms. The normalized spacial score (nSPS) is 20.1. The van der Waals surface area contributed by atoms with Crippen molar-refractivity contribution in [3.8, 4) is 0 Å². The summed E-state index contributed by atoms with van der Waals surface area (Å²) in [5.74, 6) is 1.41. The van der Waals surface area contributed by atoms with Gasteiger partial charge in [0.05, 0.1) is 4.20 Å². The second-order valence-electron chi connectivity index (χ2n) is 6.08. The summed E-state index contributed by atoms with van der Waals surface area (Å²) < 4.78 is 1.05. The van der Waals surface area contributed by atoms with Crippen LogP contribution < -0.4 is 0 Å². The summed E-state index contributed by atoms with van der Waals surface area (Å²) >= 11 is 7.39. The number of likely N-dealkylation sites (tertiary alicyclic amines) is 2. The maximum atomic E-state index is 5.58. The molecule has 0 aromatic rings. The van der Waals surface area contributed by atoms with Crippen molar-refractivity contribution in [2.45, 2.75) is 57.6 Å². The van der Waals surface area contributed by atoms with Crippen LogP contribution in [0.4, 0.5) is 0 Å². The zero-order chi connectivity index (χ0) is 14.4. The molecule has 2 heterocycles. The van der Waals surface area contributed by atoms with Gasteiger partial charge in [-0.15, -0.1) is 11.8 Å². The minimum absolute atomic E-state index is 0.572. The molecule has 0 N–H and O–H groups in total. The molecular weight excluding hydrogens is 284 g/mol. The molecule has 2 aliphatic heterocycles. The third-order valence-corrected chi connectivity index (χ3v) is 5.19. The third kappa shape index (κ3) is 4.96. The Morgan fingerprint density at radius 2 is 1.35 bits per heavy atom. The number of hydrogen-bond acceptors (Lipinski definition) is 4. The lowest BCUT2D eigenvalue weighted by molar-refractivity contribution is 0.167. The Balaban J connectivity index is 2.09. The Morgan fingerprint density at radius 1 is 0.900 bits per heavy atom. The van der Waals surface area contributed by atoms with E-state index >= 15 is 0 Å². The van der Waals surface area contributed by atoms with Crippen LogP contribution in [0.25, 0.3) is 0 Å². The predicted molar refractivity (Wildman–Crippen MR) is 94.3 cm³/mol. The smallest absolute Gasteiger partial charge is 0.106 e. The van der Waals surface area contributed by atoms with Crippen molar-refractivity contribution in [2.24, 2.45) is 0 Å². The number of thioether (sulfide) groups is 1. The molecule has 2 fully saturated rings. The van der Waals surface area contributed by atoms with Gasteiger partial charge >= 0.3 is 0 Å². The molecule has 4 heteroatoms. The van der Waals surface area contributed by atoms with Gasteiger partial charge in [0.2, 0.25) is 0 Å². The molecule has 2 saturated heterocycles. The molecule has 0 unspecified atom stereocenters. The van der Waals surface area contributed by atoms with Gasteiger partial charge in [0.25, 0.3) is 0 Å². The average molecular weight is 313 g/mol. The van der Waals surface area contributed by atoms with Crippen LogP contribution in [0.15, 0.2) is 11.9 Å². The molecule has 0 spiro atoms. The first-order valence-electron chi connectivity index (χ1n) is 8.09. The van der Waals surface area contributed by atoms with E-state index in [-0.39, 0.29) is 0 Å². The number of thiocarbonyl (C=S) groups is 1. The Labute approximate surface area is 134 Å². The van der Waals surface area contributed by atoms with Crippen molar-refractivity contribution in [1.29, 1.82) is 0 Å². The van der Waals surface area contributed by atoms with E-state index in [1.54, 1.807) is 0 Å². The van der Waals surface area contributed by atoms with Crippen molar-refractivity contribution in [1.82, 2.24) is 9.80 Å². The molecule has 2 nitrogen and oxygen atoms in total. The highest BCUT2D eigenvalue weighted by atomic mass is 32.2. The second-order valence-corrected chi connectivity index (χ2v) is 8.40. The first-order valence-corrected chi connectivity index (χ1v) is 9.38. The van der Waals surface area contributed by atoms with Gasteiger partial charge < -0.3 is 9.80 Å². The molecular formula is C16H28N2S2. The van der Waals surface area contributed by atoms with E-state index in [1.807, 2.05) is 11.8 Å². The minimum atomic E-state index is 0.572. The number of hydrogen-bond donors (Lipinski definition) is 0. The Kier molecular flexibility index (Phi) is 6.69. The van der Waals surface area contributed by atoms with E-state index < -0.39 is 0 Å². The van der Waals surface area contributed by atoms with Gasteiger partial charge in [-0.3, -0.25) is 0 Å². The molecule has 0 saturated carbocycles. The zero-order valence-electron chi connectivity index (χ0n) is 12.9. The van der Waals surface area contributed by atoms with E-state index in [0.717, 1.165) is 4.20 Å². The Bertz CT molecular complexity index is 320. The van der Waals surface area contributed by atoms with Crippen LogP contribution in [-0.2, 0) is 0 Å². The van der Waals surface area contributed by atoms with Gasteiger partial charge in [-0.25, -0.2) is 0 Å². The fourth-order valence-corrected chi connectivity index (χ4v) is 4.32. The van der Waals surface area contributed by atoms with Gasteiger partial charge in [0, 0.05) is 37.5 Å². The summed E-state index contributed by atoms with van der Waals surface area (Å²) in [6.45, 7) is 9.25. The molecule has 0 atom stereocenters. The van der Waals surface area contributed by atoms with Crippen LogP contribution in [-0.4, -0.2) is 45.4 Å². The molecule has 2 rings (SSSR count). The maximum Gasteiger partial charge on any atom is 0.106 e. The monoisotopic (exact) mass is 312 g/mol. The minimum Gasteiger partial charge on any atom is -0.358 e. The topological polar surface area (TPSA) is 6.48 Å². The lowest BCUT2D eigenvalue weighted by Gasteiger charge is -2.40. The highest BCUT2D eigenvalue weighted by Gasteiger charge is 2.21. The standard InChI is InChI=1S/C16H28N2S2/c1-14(2)20-16(19)13-15(17-9-5-3-6-10-17)18-11-7-4-8-12-18/h13-14H,3-12H2,1-2H3. The molecule has 0 amide bonds. The van der Waals surface area contributed by atoms with E-state index in [1.165, 1.54) is 70.5 Å². The van der Waals surface area contributed by atoms with Crippen LogP contribution in [0.2, 0.25) is 0 Å². The predicted octanol–water partition coefficient (Wildman–Crippen LogP) is 4.27. The largest absolute Gasteiger partial charge is 0.358 e. The molecule has 2 aliphatic rings. The summed E-state index contributed by atoms with van der Waals surface area (Å²) in [5, 5.41) is 0.572. The van der Waals surface area contributed by atoms with Crippen LogP contribution in [0, 0.1) is 0 Å². The fourth-order valence-electron chi connectivity index (χ4n) is 3.00. The van der Waals surface area contributed by atoms with Gasteiger partial charge in [0.1, 0.15) is 5.82 Å². The van der Waals surface area contributed by atoms with Crippen molar-refractivity contribution >= 4 is 28.2 Å². The van der Waals surface area contributed by atoms with Crippen molar-refractivity contribution in [2.75, 3.05) is 26.2 Å². The summed E-state index contributed by atoms with van der Waals surface area (Å²) in [5.41, 5.74) is 0. The summed E-state index contributed by atoms with van der Waals surface area (Å²) in [6, 6.07) is 0. The molecule has 114 valence electrons. The van der Waals surface area contributed by atoms with Crippen LogP contribution in [0.1, 0.15) is 52.4 Å². The lowest BCUT2D eigenvalue weighted by atomic mass is 10.1. The first kappa shape index (κ1) is 16.2. The Morgan fingerprint density at radius 3 is 1.75 bits per heavy atom. The number of rotatable bonds is 4. The highest BCUT2D eigenvalue weighted by molar-refractivity contribution is 8.23. The van der Waals surface area contributed by atoms with Crippen LogP contribution >= 0.6 is 24.0 Å². The van der Waals surface area contributed by atoms with E-state index in [4.69, 9.17) is 12.2 Å². The summed E-state index contributed by atoms with van der Waals surface area (Å²) in [6.07, 6.45) is 10.4. The number of piperidine rings is 2. The van der Waals surface area contributed by atoms with Crippen LogP contribution in [0.3, 0.4) is 0 Å². The average Bonchev–Trinajstić information content (AvgIpc) is 2.46. The summed E-state index contributed by atoms with van der Waals surface area (Å²) in [4.78, 5) is 5.14. The van der Waals surface area contributed by atoms with E-state index in [0.29, 0.717) is 5.25 Å². The maximum absolute atomic E-state index is 5.58. The number of nitrogens with zero attached hydrogens (tertiary/aromatic N) is 2. The van der Waals surface area contributed by atoms with Gasteiger partial charge in [-0.1, -0.05) is 26.1 Å². The van der Waals surface area contributed by atoms with E-state index in [2.05, 4.69) is 29.7 Å². The van der Waals surface area contributed by atoms with Crippen molar-refractivity contribution in [3.05, 3.63) is 11.9 Å². The van der Waals surface area contributed by atoms with Crippen molar-refractivity contribution < 1.29 is 0 Å². The molecule has 0 aliphatic carbocycles. The zero-order valence-corrected chi connectivity index (χ0v) is 14.6. The third-order valence-electron chi connectivity index (χ3n) is 3.96. The summed E-state index contributed by atoms with van der Waals surface area (Å²) in [7, 11) is 0. The Hall–Kier alpha value is -0.220. The SMILES string of the molecule is CC(C)SC(=S)C=C(N1CCCCC1)N1CCCCC1. The van der Waals surface area contributed by atoms with Gasteiger partial charge in [0.15, 0.2) is 0 Å². The first-order chi connectivity index (χ1) is 9.66. The molecule has 20 heavy (non-hydrogen) atoms. The molecule has 0 aromatic heterocycles. The molecule has 0 aromatic carbocycles. The lowest BCUT2D eigenvalue weighted by Crippen LogP contribution is -2.41. The fraction of sp³-hybridized carbons (Fsp3) is 0.812. The van der Waals surface area contributed by atoms with Crippen molar-refractivity contribution in [3.63, 3.8) is 0 Å². The second kappa shape index (κ2) is 8.28. The molecule has 0 radical (unpaired) electrons. The van der Waals surface area contributed by atoms with Crippen LogP contribution in [0.5, 0.6) is 0 Å². The van der Waals surface area contributed by atoms with E-state index in [9.17, 15) is 0 Å². The van der Waals surface area contributed by atoms with Gasteiger partial charge in [-0.05, 0) is 38.5 Å². The quantitative estimate of drug-likeness (QED) is 0.565.